The lowest BCUT2D eigenvalue weighted by Crippen LogP contribution is -2.41. The zero-order chi connectivity index (χ0) is 16.0. The minimum atomic E-state index is -4.35. The summed E-state index contributed by atoms with van der Waals surface area (Å²) in [5.41, 5.74) is -0.710. The van der Waals surface area contributed by atoms with E-state index in [1.807, 2.05) is 0 Å². The number of alkyl halides is 3. The Morgan fingerprint density at radius 3 is 2.57 bits per heavy atom. The third-order valence-corrected chi connectivity index (χ3v) is 3.52. The fraction of sp³-hybridized carbons (Fsp3) is 0.533. The summed E-state index contributed by atoms with van der Waals surface area (Å²) >= 11 is 0. The first-order valence-electron chi connectivity index (χ1n) is 7.25. The molecule has 0 saturated carbocycles. The second kappa shape index (κ2) is 8.98. The third kappa shape index (κ3) is 6.27. The maximum absolute atomic E-state index is 12.4. The molecule has 1 aliphatic rings. The quantitative estimate of drug-likeness (QED) is 0.801. The normalized spacial score (nSPS) is 18.0. The first kappa shape index (κ1) is 19.6. The summed E-state index contributed by atoms with van der Waals surface area (Å²) < 4.78 is 42.5. The molecule has 1 aromatic carbocycles. The van der Waals surface area contributed by atoms with Crippen LogP contribution in [0.2, 0.25) is 0 Å². The predicted molar refractivity (Wildman–Crippen MR) is 82.8 cm³/mol. The zero-order valence-electron chi connectivity index (χ0n) is 12.5. The Balaban J connectivity index is 0.00000264. The second-order valence-electron chi connectivity index (χ2n) is 5.20. The highest BCUT2D eigenvalue weighted by molar-refractivity contribution is 5.85. The van der Waals surface area contributed by atoms with Gasteiger partial charge in [0.25, 0.3) is 0 Å². The van der Waals surface area contributed by atoms with Crippen molar-refractivity contribution in [3.63, 3.8) is 0 Å². The molecule has 1 fully saturated rings. The number of carbonyl (C=O) groups excluding carboxylic acids is 1. The van der Waals surface area contributed by atoms with Gasteiger partial charge in [-0.15, -0.1) is 12.4 Å². The molecule has 1 saturated heterocycles. The van der Waals surface area contributed by atoms with Gasteiger partial charge in [0.1, 0.15) is 12.4 Å². The van der Waals surface area contributed by atoms with Crippen molar-refractivity contribution in [2.75, 3.05) is 26.2 Å². The van der Waals surface area contributed by atoms with Gasteiger partial charge >= 0.3 is 6.18 Å². The molecule has 1 aliphatic heterocycles. The third-order valence-electron chi connectivity index (χ3n) is 3.52. The lowest BCUT2D eigenvalue weighted by molar-refractivity contribution is -0.137. The van der Waals surface area contributed by atoms with Gasteiger partial charge in [0.15, 0.2) is 0 Å². The number of halogens is 4. The average Bonchev–Trinajstić information content (AvgIpc) is 2.52. The van der Waals surface area contributed by atoms with Crippen LogP contribution in [0.5, 0.6) is 5.75 Å². The molecular formula is C15H20ClF3N2O2. The number of nitrogens with one attached hydrogen (secondary N) is 2. The van der Waals surface area contributed by atoms with Crippen LogP contribution >= 0.6 is 12.4 Å². The van der Waals surface area contributed by atoms with Crippen LogP contribution in [0.25, 0.3) is 0 Å². The van der Waals surface area contributed by atoms with E-state index in [-0.39, 0.29) is 30.8 Å². The van der Waals surface area contributed by atoms with Gasteiger partial charge in [-0.3, -0.25) is 4.79 Å². The number of benzene rings is 1. The Labute approximate surface area is 139 Å². The maximum atomic E-state index is 12.4. The van der Waals surface area contributed by atoms with E-state index in [1.165, 1.54) is 12.1 Å². The summed E-state index contributed by atoms with van der Waals surface area (Å²) in [5.74, 6) is 0.324. The molecule has 1 heterocycles. The van der Waals surface area contributed by atoms with Crippen LogP contribution in [-0.4, -0.2) is 32.1 Å². The summed E-state index contributed by atoms with van der Waals surface area (Å²) in [6.07, 6.45) is -2.49. The van der Waals surface area contributed by atoms with Crippen molar-refractivity contribution in [1.82, 2.24) is 10.6 Å². The monoisotopic (exact) mass is 352 g/mol. The number of carbonyl (C=O) groups is 1. The summed E-state index contributed by atoms with van der Waals surface area (Å²) in [5, 5.41) is 5.94. The summed E-state index contributed by atoms with van der Waals surface area (Å²) in [7, 11) is 0. The molecule has 0 radical (unpaired) electrons. The average molecular weight is 353 g/mol. The van der Waals surface area contributed by atoms with E-state index >= 15 is 0 Å². The van der Waals surface area contributed by atoms with Crippen LogP contribution < -0.4 is 15.4 Å². The van der Waals surface area contributed by atoms with E-state index in [1.54, 1.807) is 0 Å². The Kier molecular flexibility index (Phi) is 7.64. The first-order chi connectivity index (χ1) is 10.5. The smallest absolute Gasteiger partial charge is 0.416 e. The number of ether oxygens (including phenoxy) is 1. The highest BCUT2D eigenvalue weighted by Crippen LogP contribution is 2.30. The lowest BCUT2D eigenvalue weighted by Gasteiger charge is -2.21. The Bertz CT molecular complexity index is 488. The standard InChI is InChI=1S/C15H19F3N2O2.ClH/c16-15(17,18)12-3-5-13(6-4-12)22-9-8-20-14(21)11-2-1-7-19-10-11;/h3-6,11,19H,1-2,7-10H2,(H,20,21);1H. The van der Waals surface area contributed by atoms with Gasteiger partial charge in [0.05, 0.1) is 18.0 Å². The molecule has 1 aromatic rings. The van der Waals surface area contributed by atoms with Crippen LogP contribution in [0.4, 0.5) is 13.2 Å². The van der Waals surface area contributed by atoms with E-state index in [4.69, 9.17) is 4.74 Å². The van der Waals surface area contributed by atoms with E-state index in [0.717, 1.165) is 31.5 Å². The van der Waals surface area contributed by atoms with Crippen LogP contribution in [0.1, 0.15) is 18.4 Å². The summed E-state index contributed by atoms with van der Waals surface area (Å²) in [4.78, 5) is 11.8. The summed E-state index contributed by atoms with van der Waals surface area (Å²) in [6.45, 7) is 2.18. The fourth-order valence-electron chi connectivity index (χ4n) is 2.30. The van der Waals surface area contributed by atoms with Crippen molar-refractivity contribution < 1.29 is 22.7 Å². The molecule has 4 nitrogen and oxygen atoms in total. The van der Waals surface area contributed by atoms with Crippen LogP contribution in [0.3, 0.4) is 0 Å². The predicted octanol–water partition coefficient (Wildman–Crippen LogP) is 2.62. The first-order valence-corrected chi connectivity index (χ1v) is 7.25. The van der Waals surface area contributed by atoms with E-state index < -0.39 is 11.7 Å². The number of piperidine rings is 1. The van der Waals surface area contributed by atoms with Gasteiger partial charge < -0.3 is 15.4 Å². The second-order valence-corrected chi connectivity index (χ2v) is 5.20. The fourth-order valence-corrected chi connectivity index (χ4v) is 2.30. The number of hydrogen-bond acceptors (Lipinski definition) is 3. The van der Waals surface area contributed by atoms with Gasteiger partial charge in [0.2, 0.25) is 5.91 Å². The van der Waals surface area contributed by atoms with Crippen LogP contribution in [0, 0.1) is 5.92 Å². The van der Waals surface area contributed by atoms with Crippen molar-refractivity contribution in [2.45, 2.75) is 19.0 Å². The van der Waals surface area contributed by atoms with Gasteiger partial charge in [-0.05, 0) is 43.7 Å². The van der Waals surface area contributed by atoms with Gasteiger partial charge in [-0.25, -0.2) is 0 Å². The van der Waals surface area contributed by atoms with Crippen molar-refractivity contribution in [3.05, 3.63) is 29.8 Å². The van der Waals surface area contributed by atoms with Crippen molar-refractivity contribution in [3.8, 4) is 5.75 Å². The molecular weight excluding hydrogens is 333 g/mol. The zero-order valence-corrected chi connectivity index (χ0v) is 13.3. The maximum Gasteiger partial charge on any atom is 0.416 e. The minimum absolute atomic E-state index is 0. The molecule has 130 valence electrons. The SMILES string of the molecule is Cl.O=C(NCCOc1ccc(C(F)(F)F)cc1)C1CCCNC1. The molecule has 1 unspecified atom stereocenters. The van der Waals surface area contributed by atoms with Crippen molar-refractivity contribution in [1.29, 1.82) is 0 Å². The number of hydrogen-bond donors (Lipinski definition) is 2. The molecule has 8 heteroatoms. The van der Waals surface area contributed by atoms with E-state index in [9.17, 15) is 18.0 Å². The van der Waals surface area contributed by atoms with Crippen molar-refractivity contribution >= 4 is 18.3 Å². The van der Waals surface area contributed by atoms with Gasteiger partial charge in [0, 0.05) is 6.54 Å². The van der Waals surface area contributed by atoms with Crippen LogP contribution in [-0.2, 0) is 11.0 Å². The van der Waals surface area contributed by atoms with Gasteiger partial charge in [-0.2, -0.15) is 13.2 Å². The highest BCUT2D eigenvalue weighted by Gasteiger charge is 2.30. The largest absolute Gasteiger partial charge is 0.492 e. The highest BCUT2D eigenvalue weighted by atomic mass is 35.5. The summed E-state index contributed by atoms with van der Waals surface area (Å²) in [6, 6.07) is 4.49. The number of rotatable bonds is 5. The minimum Gasteiger partial charge on any atom is -0.492 e. The molecule has 0 bridgehead atoms. The topological polar surface area (TPSA) is 50.4 Å². The van der Waals surface area contributed by atoms with Gasteiger partial charge in [-0.1, -0.05) is 0 Å². The van der Waals surface area contributed by atoms with Crippen LogP contribution in [0.15, 0.2) is 24.3 Å². The molecule has 0 spiro atoms. The molecule has 23 heavy (non-hydrogen) atoms. The Morgan fingerprint density at radius 1 is 1.30 bits per heavy atom. The van der Waals surface area contributed by atoms with Crippen molar-refractivity contribution in [2.24, 2.45) is 5.92 Å². The molecule has 2 rings (SSSR count). The number of amides is 1. The molecule has 0 aliphatic carbocycles. The Morgan fingerprint density at radius 2 is 2.00 bits per heavy atom. The molecule has 1 amide bonds. The lowest BCUT2D eigenvalue weighted by atomic mass is 9.99. The molecule has 2 N–H and O–H groups in total. The van der Waals surface area contributed by atoms with E-state index in [2.05, 4.69) is 10.6 Å². The molecule has 1 atom stereocenters. The molecule has 0 aromatic heterocycles. The van der Waals surface area contributed by atoms with E-state index in [0.29, 0.717) is 18.8 Å². The Hall–Kier alpha value is -1.47.